The van der Waals surface area contributed by atoms with Gasteiger partial charge in [0, 0.05) is 36.2 Å². The Morgan fingerprint density at radius 2 is 1.81 bits per heavy atom. The van der Waals surface area contributed by atoms with Crippen LogP contribution in [0.2, 0.25) is 5.02 Å². The van der Waals surface area contributed by atoms with E-state index in [0.29, 0.717) is 29.6 Å². The third-order valence-corrected chi connectivity index (χ3v) is 4.65. The quantitative estimate of drug-likeness (QED) is 0.761. The van der Waals surface area contributed by atoms with Crippen molar-refractivity contribution < 1.29 is 4.79 Å². The molecule has 0 aliphatic carbocycles. The Morgan fingerprint density at radius 3 is 2.58 bits per heavy atom. The normalized spacial score (nSPS) is 12.7. The van der Waals surface area contributed by atoms with Crippen molar-refractivity contribution in [2.45, 2.75) is 13.0 Å². The van der Waals surface area contributed by atoms with Crippen LogP contribution >= 0.6 is 11.6 Å². The molecule has 26 heavy (non-hydrogen) atoms. The van der Waals surface area contributed by atoms with Gasteiger partial charge in [-0.15, -0.1) is 0 Å². The third kappa shape index (κ3) is 3.39. The van der Waals surface area contributed by atoms with Gasteiger partial charge < -0.3 is 10.2 Å². The lowest BCUT2D eigenvalue weighted by atomic mass is 10.2. The van der Waals surface area contributed by atoms with E-state index < -0.39 is 0 Å². The molecule has 130 valence electrons. The number of para-hydroxylation sites is 1. The molecule has 2 aromatic carbocycles. The highest BCUT2D eigenvalue weighted by molar-refractivity contribution is 6.30. The SMILES string of the molecule is O=C(c1cnc(NCc2ccc(Cl)cc2)nc1)N1CCc2ccccc21. The molecule has 6 heteroatoms. The average Bonchev–Trinajstić information content (AvgIpc) is 3.11. The van der Waals surface area contributed by atoms with Gasteiger partial charge in [-0.25, -0.2) is 9.97 Å². The highest BCUT2D eigenvalue weighted by atomic mass is 35.5. The number of fused-ring (bicyclic) bond motifs is 1. The molecule has 0 spiro atoms. The molecule has 0 fully saturated rings. The fourth-order valence-corrected chi connectivity index (χ4v) is 3.14. The summed E-state index contributed by atoms with van der Waals surface area (Å²) in [6.07, 6.45) is 4.02. The number of aromatic nitrogens is 2. The van der Waals surface area contributed by atoms with E-state index in [1.165, 1.54) is 5.56 Å². The number of carbonyl (C=O) groups excluding carboxylic acids is 1. The van der Waals surface area contributed by atoms with Gasteiger partial charge in [0.15, 0.2) is 0 Å². The summed E-state index contributed by atoms with van der Waals surface area (Å²) in [7, 11) is 0. The van der Waals surface area contributed by atoms with Crippen molar-refractivity contribution in [3.63, 3.8) is 0 Å². The molecule has 0 bridgehead atoms. The fourth-order valence-electron chi connectivity index (χ4n) is 3.02. The molecule has 4 rings (SSSR count). The minimum atomic E-state index is -0.0702. The molecule has 1 amide bonds. The first-order valence-corrected chi connectivity index (χ1v) is 8.78. The number of rotatable bonds is 4. The lowest BCUT2D eigenvalue weighted by Gasteiger charge is -2.17. The Bertz CT molecular complexity index is 925. The molecule has 5 nitrogen and oxygen atoms in total. The van der Waals surface area contributed by atoms with Crippen LogP contribution in [-0.2, 0) is 13.0 Å². The first kappa shape index (κ1) is 16.5. The van der Waals surface area contributed by atoms with Gasteiger partial charge in [0.25, 0.3) is 5.91 Å². The second kappa shape index (κ2) is 7.14. The van der Waals surface area contributed by atoms with Crippen LogP contribution in [0.15, 0.2) is 60.9 Å². The molecule has 1 aliphatic rings. The lowest BCUT2D eigenvalue weighted by Crippen LogP contribution is -2.29. The van der Waals surface area contributed by atoms with Crippen molar-refractivity contribution in [2.24, 2.45) is 0 Å². The minimum absolute atomic E-state index is 0.0702. The standard InChI is InChI=1S/C20H17ClN4O/c21-17-7-5-14(6-8-17)11-22-20-23-12-16(13-24-20)19(26)25-10-9-15-3-1-2-4-18(15)25/h1-8,12-13H,9-11H2,(H,22,23,24). The van der Waals surface area contributed by atoms with Crippen LogP contribution in [0.25, 0.3) is 0 Å². The van der Waals surface area contributed by atoms with Gasteiger partial charge in [-0.2, -0.15) is 0 Å². The van der Waals surface area contributed by atoms with E-state index in [-0.39, 0.29) is 5.91 Å². The summed E-state index contributed by atoms with van der Waals surface area (Å²) in [6.45, 7) is 1.28. The number of nitrogens with zero attached hydrogens (tertiary/aromatic N) is 3. The maximum atomic E-state index is 12.7. The van der Waals surface area contributed by atoms with Crippen LogP contribution in [0.5, 0.6) is 0 Å². The molecule has 3 aromatic rings. The zero-order valence-electron chi connectivity index (χ0n) is 14.0. The third-order valence-electron chi connectivity index (χ3n) is 4.39. The number of hydrogen-bond acceptors (Lipinski definition) is 4. The molecule has 0 atom stereocenters. The first-order chi connectivity index (χ1) is 12.7. The zero-order valence-corrected chi connectivity index (χ0v) is 14.8. The van der Waals surface area contributed by atoms with Crippen LogP contribution in [0.4, 0.5) is 11.6 Å². The predicted octanol–water partition coefficient (Wildman–Crippen LogP) is 3.95. The number of benzene rings is 2. The Hall–Kier alpha value is -2.92. The zero-order chi connectivity index (χ0) is 17.9. The van der Waals surface area contributed by atoms with Crippen LogP contribution in [0.3, 0.4) is 0 Å². The summed E-state index contributed by atoms with van der Waals surface area (Å²) in [6, 6.07) is 15.5. The average molecular weight is 365 g/mol. The Labute approximate surface area is 156 Å². The summed E-state index contributed by atoms with van der Waals surface area (Å²) < 4.78 is 0. The van der Waals surface area contributed by atoms with Crippen molar-refractivity contribution in [2.75, 3.05) is 16.8 Å². The van der Waals surface area contributed by atoms with Gasteiger partial charge in [-0.3, -0.25) is 4.79 Å². The summed E-state index contributed by atoms with van der Waals surface area (Å²) >= 11 is 5.88. The van der Waals surface area contributed by atoms with E-state index in [1.807, 2.05) is 42.5 Å². The number of halogens is 1. The second-order valence-electron chi connectivity index (χ2n) is 6.11. The molecule has 0 saturated carbocycles. The summed E-state index contributed by atoms with van der Waals surface area (Å²) in [5.41, 5.74) is 3.73. The number of nitrogens with one attached hydrogen (secondary N) is 1. The number of hydrogen-bond donors (Lipinski definition) is 1. The fraction of sp³-hybridized carbons (Fsp3) is 0.150. The van der Waals surface area contributed by atoms with Gasteiger partial charge in [0.05, 0.1) is 5.56 Å². The highest BCUT2D eigenvalue weighted by Gasteiger charge is 2.25. The smallest absolute Gasteiger partial charge is 0.261 e. The van der Waals surface area contributed by atoms with Crippen LogP contribution in [-0.4, -0.2) is 22.4 Å². The van der Waals surface area contributed by atoms with E-state index in [9.17, 15) is 4.79 Å². The van der Waals surface area contributed by atoms with Crippen LogP contribution in [0, 0.1) is 0 Å². The summed E-state index contributed by atoms with van der Waals surface area (Å²) in [5, 5.41) is 3.85. The van der Waals surface area contributed by atoms with E-state index >= 15 is 0 Å². The second-order valence-corrected chi connectivity index (χ2v) is 6.55. The maximum Gasteiger partial charge on any atom is 0.261 e. The van der Waals surface area contributed by atoms with Gasteiger partial charge >= 0.3 is 0 Å². The number of amides is 1. The predicted molar refractivity (Wildman–Crippen MR) is 103 cm³/mol. The summed E-state index contributed by atoms with van der Waals surface area (Å²) in [5.74, 6) is 0.414. The molecule has 1 N–H and O–H groups in total. The molecule has 2 heterocycles. The van der Waals surface area contributed by atoms with Crippen molar-refractivity contribution in [1.29, 1.82) is 0 Å². The van der Waals surface area contributed by atoms with Crippen molar-refractivity contribution in [1.82, 2.24) is 9.97 Å². The van der Waals surface area contributed by atoms with E-state index in [1.54, 1.807) is 17.3 Å². The molecule has 0 saturated heterocycles. The molecular weight excluding hydrogens is 348 g/mol. The Balaban J connectivity index is 1.43. The van der Waals surface area contributed by atoms with Gasteiger partial charge in [-0.1, -0.05) is 41.9 Å². The first-order valence-electron chi connectivity index (χ1n) is 8.41. The van der Waals surface area contributed by atoms with Gasteiger partial charge in [0.1, 0.15) is 0 Å². The number of anilines is 2. The van der Waals surface area contributed by atoms with Crippen molar-refractivity contribution in [3.05, 3.63) is 82.6 Å². The lowest BCUT2D eigenvalue weighted by molar-refractivity contribution is 0.0988. The maximum absolute atomic E-state index is 12.7. The van der Waals surface area contributed by atoms with Crippen LogP contribution in [0.1, 0.15) is 21.5 Å². The molecule has 0 radical (unpaired) electrons. The highest BCUT2D eigenvalue weighted by Crippen LogP contribution is 2.28. The molecule has 1 aliphatic heterocycles. The van der Waals surface area contributed by atoms with Crippen molar-refractivity contribution >= 4 is 29.1 Å². The Morgan fingerprint density at radius 1 is 1.08 bits per heavy atom. The van der Waals surface area contributed by atoms with Crippen LogP contribution < -0.4 is 10.2 Å². The van der Waals surface area contributed by atoms with E-state index in [2.05, 4.69) is 21.4 Å². The van der Waals surface area contributed by atoms with E-state index in [0.717, 1.165) is 17.7 Å². The minimum Gasteiger partial charge on any atom is -0.350 e. The largest absolute Gasteiger partial charge is 0.350 e. The number of carbonyl (C=O) groups is 1. The van der Waals surface area contributed by atoms with E-state index in [4.69, 9.17) is 11.6 Å². The van der Waals surface area contributed by atoms with Gasteiger partial charge in [0.2, 0.25) is 5.95 Å². The Kier molecular flexibility index (Phi) is 4.54. The molecule has 0 unspecified atom stereocenters. The van der Waals surface area contributed by atoms with Crippen molar-refractivity contribution in [3.8, 4) is 0 Å². The summed E-state index contributed by atoms with van der Waals surface area (Å²) in [4.78, 5) is 23.1. The topological polar surface area (TPSA) is 58.1 Å². The monoisotopic (exact) mass is 364 g/mol. The molecular formula is C20H17ClN4O. The van der Waals surface area contributed by atoms with Gasteiger partial charge in [-0.05, 0) is 35.7 Å². The molecule has 1 aromatic heterocycles.